The zero-order chi connectivity index (χ0) is 17.0. The average molecular weight is 331 g/mol. The van der Waals surface area contributed by atoms with Gasteiger partial charge in [-0.05, 0) is 35.9 Å². The molecule has 2 aromatic carbocycles. The van der Waals surface area contributed by atoms with Gasteiger partial charge in [-0.1, -0.05) is 18.2 Å². The second-order valence-electron chi connectivity index (χ2n) is 5.49. The predicted octanol–water partition coefficient (Wildman–Crippen LogP) is 2.90. The van der Waals surface area contributed by atoms with Gasteiger partial charge in [0.25, 0.3) is 0 Å². The Kier molecular flexibility index (Phi) is 5.05. The van der Waals surface area contributed by atoms with Crippen LogP contribution < -0.4 is 9.21 Å². The van der Waals surface area contributed by atoms with Crippen molar-refractivity contribution in [1.29, 1.82) is 0 Å². The molecule has 5 nitrogen and oxygen atoms in total. The number of sulfonamides is 1. The summed E-state index contributed by atoms with van der Waals surface area (Å²) in [6.07, 6.45) is 2.94. The Labute approximate surface area is 137 Å². The Balaban J connectivity index is 2.20. The molecular formula is C17H21N3O2S. The van der Waals surface area contributed by atoms with E-state index in [-0.39, 0.29) is 0 Å². The van der Waals surface area contributed by atoms with Crippen molar-refractivity contribution < 1.29 is 8.42 Å². The molecule has 0 fully saturated rings. The van der Waals surface area contributed by atoms with Gasteiger partial charge in [-0.3, -0.25) is 9.30 Å². The summed E-state index contributed by atoms with van der Waals surface area (Å²) in [4.78, 5) is 6.45. The topological polar surface area (TPSA) is 53.0 Å². The lowest BCUT2D eigenvalue weighted by Crippen LogP contribution is -2.24. The predicted molar refractivity (Wildman–Crippen MR) is 97.7 cm³/mol. The second kappa shape index (κ2) is 6.83. The molecule has 122 valence electrons. The van der Waals surface area contributed by atoms with Gasteiger partial charge in [0.2, 0.25) is 10.0 Å². The summed E-state index contributed by atoms with van der Waals surface area (Å²) in [6.45, 7) is 0. The maximum Gasteiger partial charge on any atom is 0.231 e. The highest BCUT2D eigenvalue weighted by Crippen LogP contribution is 2.22. The molecular weight excluding hydrogens is 310 g/mol. The van der Waals surface area contributed by atoms with E-state index in [1.807, 2.05) is 49.3 Å². The van der Waals surface area contributed by atoms with Crippen molar-refractivity contribution in [3.8, 4) is 0 Å². The zero-order valence-electron chi connectivity index (χ0n) is 13.8. The van der Waals surface area contributed by atoms with E-state index < -0.39 is 10.0 Å². The Morgan fingerprint density at radius 1 is 0.957 bits per heavy atom. The molecule has 0 saturated carbocycles. The van der Waals surface area contributed by atoms with Gasteiger partial charge in [-0.15, -0.1) is 0 Å². The molecule has 0 bridgehead atoms. The van der Waals surface area contributed by atoms with Crippen LogP contribution in [-0.2, 0) is 10.0 Å². The van der Waals surface area contributed by atoms with Gasteiger partial charge in [0, 0.05) is 33.0 Å². The number of nitrogens with zero attached hydrogens (tertiary/aromatic N) is 3. The maximum atomic E-state index is 11.6. The van der Waals surface area contributed by atoms with Crippen molar-refractivity contribution in [3.05, 3.63) is 54.1 Å². The standard InChI is InChI=1S/C17H21N3O2S/c1-19(2)16-10-8-14(9-11-16)13-18-15-6-5-7-17(12-15)20(3)23(4,21)22/h5-13H,1-4H3. The van der Waals surface area contributed by atoms with Gasteiger partial charge in [0.15, 0.2) is 0 Å². The Bertz CT molecular complexity index is 797. The van der Waals surface area contributed by atoms with Crippen molar-refractivity contribution in [2.75, 3.05) is 36.6 Å². The van der Waals surface area contributed by atoms with Crippen LogP contribution in [0, 0.1) is 0 Å². The van der Waals surface area contributed by atoms with Crippen molar-refractivity contribution in [2.45, 2.75) is 0 Å². The lowest BCUT2D eigenvalue weighted by molar-refractivity contribution is 0.600. The normalized spacial score (nSPS) is 11.7. The molecule has 0 aliphatic rings. The summed E-state index contributed by atoms with van der Waals surface area (Å²) in [5, 5.41) is 0. The van der Waals surface area contributed by atoms with Crippen molar-refractivity contribution in [3.63, 3.8) is 0 Å². The number of hydrogen-bond acceptors (Lipinski definition) is 4. The number of rotatable bonds is 5. The highest BCUT2D eigenvalue weighted by molar-refractivity contribution is 7.92. The van der Waals surface area contributed by atoms with Crippen LogP contribution in [0.2, 0.25) is 0 Å². The summed E-state index contributed by atoms with van der Waals surface area (Å²) >= 11 is 0. The number of anilines is 2. The van der Waals surface area contributed by atoms with Crippen molar-refractivity contribution in [1.82, 2.24) is 0 Å². The monoisotopic (exact) mass is 331 g/mol. The summed E-state index contributed by atoms with van der Waals surface area (Å²) < 4.78 is 24.4. The van der Waals surface area contributed by atoms with E-state index in [0.29, 0.717) is 11.4 Å². The van der Waals surface area contributed by atoms with Crippen LogP contribution in [0.5, 0.6) is 0 Å². The molecule has 2 aromatic rings. The molecule has 2 rings (SSSR count). The molecule has 0 spiro atoms. The van der Waals surface area contributed by atoms with Crippen LogP contribution in [0.4, 0.5) is 17.1 Å². The van der Waals surface area contributed by atoms with E-state index in [2.05, 4.69) is 4.99 Å². The van der Waals surface area contributed by atoms with Crippen LogP contribution in [0.1, 0.15) is 5.56 Å². The smallest absolute Gasteiger partial charge is 0.231 e. The average Bonchev–Trinajstić information content (AvgIpc) is 2.52. The van der Waals surface area contributed by atoms with Gasteiger partial charge < -0.3 is 4.90 Å². The van der Waals surface area contributed by atoms with Crippen molar-refractivity contribution >= 4 is 33.3 Å². The first-order chi connectivity index (χ1) is 10.8. The molecule has 0 heterocycles. The highest BCUT2D eigenvalue weighted by atomic mass is 32.2. The van der Waals surface area contributed by atoms with E-state index in [0.717, 1.165) is 11.3 Å². The van der Waals surface area contributed by atoms with E-state index in [4.69, 9.17) is 0 Å². The van der Waals surface area contributed by atoms with Crippen LogP contribution in [0.25, 0.3) is 0 Å². The molecule has 0 aliphatic carbocycles. The van der Waals surface area contributed by atoms with Gasteiger partial charge in [-0.2, -0.15) is 0 Å². The molecule has 0 amide bonds. The summed E-state index contributed by atoms with van der Waals surface area (Å²) in [5.41, 5.74) is 3.40. The molecule has 0 radical (unpaired) electrons. The van der Waals surface area contributed by atoms with Crippen LogP contribution >= 0.6 is 0 Å². The summed E-state index contributed by atoms with van der Waals surface area (Å²) in [5.74, 6) is 0. The molecule has 6 heteroatoms. The molecule has 0 aliphatic heterocycles. The highest BCUT2D eigenvalue weighted by Gasteiger charge is 2.11. The number of benzene rings is 2. The first-order valence-electron chi connectivity index (χ1n) is 7.13. The maximum absolute atomic E-state index is 11.6. The first-order valence-corrected chi connectivity index (χ1v) is 8.97. The van der Waals surface area contributed by atoms with Crippen LogP contribution in [0.3, 0.4) is 0 Å². The fraction of sp³-hybridized carbons (Fsp3) is 0.235. The number of aliphatic imine (C=N–C) groups is 1. The molecule has 0 aromatic heterocycles. The molecule has 0 atom stereocenters. The molecule has 0 N–H and O–H groups in total. The number of hydrogen-bond donors (Lipinski definition) is 0. The van der Waals surface area contributed by atoms with E-state index in [1.165, 1.54) is 17.6 Å². The fourth-order valence-electron chi connectivity index (χ4n) is 1.97. The quantitative estimate of drug-likeness (QED) is 0.792. The summed E-state index contributed by atoms with van der Waals surface area (Å²) in [6, 6.07) is 15.1. The van der Waals surface area contributed by atoms with Crippen LogP contribution in [-0.4, -0.2) is 42.0 Å². The third-order valence-corrected chi connectivity index (χ3v) is 4.67. The van der Waals surface area contributed by atoms with E-state index >= 15 is 0 Å². The van der Waals surface area contributed by atoms with E-state index in [9.17, 15) is 8.42 Å². The van der Waals surface area contributed by atoms with Gasteiger partial charge in [0.1, 0.15) is 0 Å². The first kappa shape index (κ1) is 17.0. The van der Waals surface area contributed by atoms with Gasteiger partial charge >= 0.3 is 0 Å². The largest absolute Gasteiger partial charge is 0.378 e. The second-order valence-corrected chi connectivity index (χ2v) is 7.51. The lowest BCUT2D eigenvalue weighted by atomic mass is 10.2. The molecule has 0 unspecified atom stereocenters. The lowest BCUT2D eigenvalue weighted by Gasteiger charge is -2.16. The minimum Gasteiger partial charge on any atom is -0.378 e. The summed E-state index contributed by atoms with van der Waals surface area (Å²) in [7, 11) is 2.24. The Morgan fingerprint density at radius 2 is 1.61 bits per heavy atom. The van der Waals surface area contributed by atoms with Gasteiger partial charge in [-0.25, -0.2) is 8.42 Å². The van der Waals surface area contributed by atoms with Gasteiger partial charge in [0.05, 0.1) is 17.6 Å². The fourth-order valence-corrected chi connectivity index (χ4v) is 2.46. The third kappa shape index (κ3) is 4.56. The van der Waals surface area contributed by atoms with Crippen molar-refractivity contribution in [2.24, 2.45) is 4.99 Å². The Morgan fingerprint density at radius 3 is 2.17 bits per heavy atom. The zero-order valence-corrected chi connectivity index (χ0v) is 14.6. The van der Waals surface area contributed by atoms with E-state index in [1.54, 1.807) is 24.4 Å². The molecule has 23 heavy (non-hydrogen) atoms. The SMILES string of the molecule is CN(C)c1ccc(C=Nc2cccc(N(C)S(C)(=O)=O)c2)cc1. The third-order valence-electron chi connectivity index (χ3n) is 3.46. The molecule has 0 saturated heterocycles. The Hall–Kier alpha value is -2.34. The minimum absolute atomic E-state index is 0.588. The van der Waals surface area contributed by atoms with Crippen LogP contribution in [0.15, 0.2) is 53.5 Å². The minimum atomic E-state index is -3.28.